The van der Waals surface area contributed by atoms with Crippen molar-refractivity contribution in [3.8, 4) is 0 Å². The molecule has 1 aromatic heterocycles. The second-order valence-corrected chi connectivity index (χ2v) is 14.1. The SMILES string of the molecule is CCC(C(=N)C(=O)O)c1ncc(C2CCNCC2)n1COCC[Si](C)(C)C. The van der Waals surface area contributed by atoms with E-state index in [-0.39, 0.29) is 5.71 Å². The first-order valence-corrected chi connectivity index (χ1v) is 13.6. The van der Waals surface area contributed by atoms with E-state index in [9.17, 15) is 9.90 Å². The summed E-state index contributed by atoms with van der Waals surface area (Å²) < 4.78 is 8.02. The van der Waals surface area contributed by atoms with Crippen molar-refractivity contribution in [1.29, 1.82) is 5.41 Å². The highest BCUT2D eigenvalue weighted by Crippen LogP contribution is 2.30. The smallest absolute Gasteiger partial charge is 0.350 e. The summed E-state index contributed by atoms with van der Waals surface area (Å²) in [6.45, 7) is 11.9. The van der Waals surface area contributed by atoms with Gasteiger partial charge < -0.3 is 19.7 Å². The number of hydrogen-bond donors (Lipinski definition) is 3. The molecule has 2 rings (SSSR count). The van der Waals surface area contributed by atoms with E-state index in [0.29, 0.717) is 31.5 Å². The normalized spacial score (nSPS) is 17.0. The van der Waals surface area contributed by atoms with E-state index >= 15 is 0 Å². The third-order valence-corrected chi connectivity index (χ3v) is 6.89. The minimum Gasteiger partial charge on any atom is -0.477 e. The van der Waals surface area contributed by atoms with Crippen LogP contribution in [-0.2, 0) is 16.3 Å². The zero-order valence-electron chi connectivity index (χ0n) is 17.0. The molecule has 2 heterocycles. The molecule has 0 spiro atoms. The molecule has 8 heteroatoms. The first kappa shape index (κ1) is 21.8. The van der Waals surface area contributed by atoms with Gasteiger partial charge >= 0.3 is 5.97 Å². The molecule has 1 unspecified atom stereocenters. The Morgan fingerprint density at radius 1 is 1.44 bits per heavy atom. The minimum absolute atomic E-state index is 0.302. The lowest BCUT2D eigenvalue weighted by molar-refractivity contribution is -0.129. The van der Waals surface area contributed by atoms with Gasteiger partial charge in [0.05, 0.1) is 5.92 Å². The standard InChI is InChI=1S/C19H34N4O3Si/c1-5-15(17(20)19(24)25)18-22-12-16(14-6-8-21-9-7-14)23(18)13-26-10-11-27(2,3)4/h12,14-15,20-21H,5-11,13H2,1-4H3,(H,24,25). The average molecular weight is 395 g/mol. The molecule has 0 radical (unpaired) electrons. The van der Waals surface area contributed by atoms with Crippen LogP contribution >= 0.6 is 0 Å². The Morgan fingerprint density at radius 3 is 2.67 bits per heavy atom. The quantitative estimate of drug-likeness (QED) is 0.321. The predicted molar refractivity (Wildman–Crippen MR) is 110 cm³/mol. The highest BCUT2D eigenvalue weighted by molar-refractivity contribution is 6.76. The van der Waals surface area contributed by atoms with E-state index in [2.05, 4.69) is 29.9 Å². The Morgan fingerprint density at radius 2 is 2.11 bits per heavy atom. The van der Waals surface area contributed by atoms with Crippen molar-refractivity contribution in [3.05, 3.63) is 17.7 Å². The van der Waals surface area contributed by atoms with Crippen LogP contribution in [0.15, 0.2) is 6.20 Å². The van der Waals surface area contributed by atoms with Crippen LogP contribution in [0.5, 0.6) is 0 Å². The molecule has 0 aliphatic carbocycles. The molecule has 1 atom stereocenters. The molecule has 0 saturated carbocycles. The largest absolute Gasteiger partial charge is 0.477 e. The van der Waals surface area contributed by atoms with Crippen LogP contribution in [0, 0.1) is 5.41 Å². The topological polar surface area (TPSA) is 100 Å². The van der Waals surface area contributed by atoms with Crippen LogP contribution in [0.3, 0.4) is 0 Å². The molecule has 1 saturated heterocycles. The molecule has 0 bridgehead atoms. The molecule has 1 aliphatic rings. The summed E-state index contributed by atoms with van der Waals surface area (Å²) in [5, 5.41) is 20.7. The van der Waals surface area contributed by atoms with Crippen molar-refractivity contribution in [3.63, 3.8) is 0 Å². The number of carbonyl (C=O) groups is 1. The Hall–Kier alpha value is -1.51. The van der Waals surface area contributed by atoms with E-state index in [0.717, 1.165) is 37.7 Å². The maximum atomic E-state index is 11.4. The van der Waals surface area contributed by atoms with Gasteiger partial charge in [-0.25, -0.2) is 9.78 Å². The van der Waals surface area contributed by atoms with Crippen molar-refractivity contribution in [2.75, 3.05) is 19.7 Å². The van der Waals surface area contributed by atoms with Crippen LogP contribution in [0.4, 0.5) is 0 Å². The molecule has 1 aromatic rings. The van der Waals surface area contributed by atoms with Crippen LogP contribution in [0.25, 0.3) is 0 Å². The summed E-state index contributed by atoms with van der Waals surface area (Å²) in [5.41, 5.74) is 0.805. The van der Waals surface area contributed by atoms with Gasteiger partial charge in [-0.05, 0) is 38.4 Å². The van der Waals surface area contributed by atoms with Crippen molar-refractivity contribution >= 4 is 19.8 Å². The molecule has 1 fully saturated rings. The van der Waals surface area contributed by atoms with Gasteiger partial charge in [-0.15, -0.1) is 0 Å². The van der Waals surface area contributed by atoms with Crippen LogP contribution in [-0.4, -0.2) is 54.1 Å². The lowest BCUT2D eigenvalue weighted by Crippen LogP contribution is -2.29. The summed E-state index contributed by atoms with van der Waals surface area (Å²) in [6, 6.07) is 1.09. The number of rotatable bonds is 10. The number of aliphatic carboxylic acids is 1. The Kier molecular flexibility index (Phi) is 7.76. The highest BCUT2D eigenvalue weighted by atomic mass is 28.3. The summed E-state index contributed by atoms with van der Waals surface area (Å²) >= 11 is 0. The number of carboxylic acids is 1. The van der Waals surface area contributed by atoms with Gasteiger partial charge in [-0.3, -0.25) is 5.41 Å². The fourth-order valence-electron chi connectivity index (χ4n) is 3.47. The minimum atomic E-state index is -1.18. The number of nitrogens with one attached hydrogen (secondary N) is 2. The average Bonchev–Trinajstić information content (AvgIpc) is 3.03. The van der Waals surface area contributed by atoms with Gasteiger partial charge in [0.1, 0.15) is 18.3 Å². The fourth-order valence-corrected chi connectivity index (χ4v) is 4.22. The van der Waals surface area contributed by atoms with Crippen molar-refractivity contribution < 1.29 is 14.6 Å². The molecule has 0 aromatic carbocycles. The monoisotopic (exact) mass is 394 g/mol. The fraction of sp³-hybridized carbons (Fsp3) is 0.737. The van der Waals surface area contributed by atoms with Gasteiger partial charge in [0.15, 0.2) is 0 Å². The Labute approximate surface area is 163 Å². The maximum absolute atomic E-state index is 11.4. The van der Waals surface area contributed by atoms with Crippen molar-refractivity contribution in [1.82, 2.24) is 14.9 Å². The number of imidazole rings is 1. The van der Waals surface area contributed by atoms with Gasteiger partial charge in [0, 0.05) is 32.5 Å². The molecule has 27 heavy (non-hydrogen) atoms. The van der Waals surface area contributed by atoms with E-state index < -0.39 is 20.0 Å². The number of ether oxygens (including phenoxy) is 1. The van der Waals surface area contributed by atoms with Gasteiger partial charge in [-0.2, -0.15) is 0 Å². The van der Waals surface area contributed by atoms with Crippen LogP contribution in [0.2, 0.25) is 25.7 Å². The molecule has 0 amide bonds. The molecular formula is C19H34N4O3Si. The van der Waals surface area contributed by atoms with E-state index in [4.69, 9.17) is 10.1 Å². The Bertz CT molecular complexity index is 648. The second kappa shape index (κ2) is 9.61. The van der Waals surface area contributed by atoms with Gasteiger partial charge in [0.2, 0.25) is 0 Å². The van der Waals surface area contributed by atoms with E-state index in [1.807, 2.05) is 17.7 Å². The number of carboxylic acid groups (broad SMARTS) is 1. The first-order valence-electron chi connectivity index (χ1n) is 9.90. The summed E-state index contributed by atoms with van der Waals surface area (Å²) in [4.78, 5) is 15.9. The molecule has 7 nitrogen and oxygen atoms in total. The summed E-state index contributed by atoms with van der Waals surface area (Å²) in [6.07, 6.45) is 4.47. The summed E-state index contributed by atoms with van der Waals surface area (Å²) in [7, 11) is -1.17. The van der Waals surface area contributed by atoms with Crippen LogP contribution in [0.1, 0.15) is 49.5 Å². The molecular weight excluding hydrogens is 360 g/mol. The predicted octanol–water partition coefficient (Wildman–Crippen LogP) is 3.26. The van der Waals surface area contributed by atoms with Gasteiger partial charge in [-0.1, -0.05) is 26.6 Å². The first-order chi connectivity index (χ1) is 12.7. The zero-order chi connectivity index (χ0) is 20.0. The van der Waals surface area contributed by atoms with Crippen LogP contribution < -0.4 is 5.32 Å². The maximum Gasteiger partial charge on any atom is 0.350 e. The molecule has 1 aliphatic heterocycles. The number of aromatic nitrogens is 2. The highest BCUT2D eigenvalue weighted by Gasteiger charge is 2.29. The lowest BCUT2D eigenvalue weighted by atomic mass is 9.94. The van der Waals surface area contributed by atoms with Gasteiger partial charge in [0.25, 0.3) is 0 Å². The third-order valence-electron chi connectivity index (χ3n) is 5.19. The Balaban J connectivity index is 2.25. The second-order valence-electron chi connectivity index (χ2n) is 8.52. The van der Waals surface area contributed by atoms with Crippen molar-refractivity contribution in [2.45, 2.75) is 70.4 Å². The zero-order valence-corrected chi connectivity index (χ0v) is 18.0. The van der Waals surface area contributed by atoms with Crippen molar-refractivity contribution in [2.24, 2.45) is 0 Å². The number of piperidine rings is 1. The lowest BCUT2D eigenvalue weighted by Gasteiger charge is -2.25. The molecule has 152 valence electrons. The van der Waals surface area contributed by atoms with E-state index in [1.54, 1.807) is 0 Å². The third kappa shape index (κ3) is 5.98. The number of nitrogens with zero attached hydrogens (tertiary/aromatic N) is 2. The van der Waals surface area contributed by atoms with E-state index in [1.165, 1.54) is 0 Å². The molecule has 3 N–H and O–H groups in total. The summed E-state index contributed by atoms with van der Waals surface area (Å²) in [5.74, 6) is -0.658. The number of hydrogen-bond acceptors (Lipinski definition) is 5.